The first-order valence-electron chi connectivity index (χ1n) is 5.55. The van der Waals surface area contributed by atoms with Gasteiger partial charge < -0.3 is 5.32 Å². The quantitative estimate of drug-likeness (QED) is 0.824. The zero-order valence-corrected chi connectivity index (χ0v) is 13.4. The van der Waals surface area contributed by atoms with Crippen molar-refractivity contribution in [1.29, 1.82) is 0 Å². The molecule has 0 bridgehead atoms. The monoisotopic (exact) mass is 354 g/mol. The Morgan fingerprint density at radius 2 is 2.11 bits per heavy atom. The topological polar surface area (TPSA) is 58.2 Å². The molecule has 0 heterocycles. The Hall–Kier alpha value is -0.140. The second kappa shape index (κ2) is 6.86. The van der Waals surface area contributed by atoms with E-state index in [-0.39, 0.29) is 16.0 Å². The molecule has 0 aromatic heterocycles. The van der Waals surface area contributed by atoms with Crippen molar-refractivity contribution in [1.82, 2.24) is 10.0 Å². The van der Waals surface area contributed by atoms with E-state index in [2.05, 4.69) is 26.0 Å². The summed E-state index contributed by atoms with van der Waals surface area (Å²) >= 11 is 9.18. The molecule has 0 fully saturated rings. The Labute approximate surface area is 121 Å². The van der Waals surface area contributed by atoms with Crippen molar-refractivity contribution in [2.24, 2.45) is 0 Å². The number of rotatable bonds is 6. The van der Waals surface area contributed by atoms with Gasteiger partial charge in [0.1, 0.15) is 4.90 Å². The predicted octanol–water partition coefficient (Wildman–Crippen LogP) is 2.38. The fraction of sp³-hybridized carbons (Fsp3) is 0.455. The van der Waals surface area contributed by atoms with Crippen molar-refractivity contribution in [3.05, 3.63) is 27.7 Å². The Morgan fingerprint density at radius 3 is 2.72 bits per heavy atom. The molecule has 4 nitrogen and oxygen atoms in total. The van der Waals surface area contributed by atoms with Gasteiger partial charge in [-0.15, -0.1) is 0 Å². The van der Waals surface area contributed by atoms with Gasteiger partial charge in [-0.25, -0.2) is 13.1 Å². The predicted molar refractivity (Wildman–Crippen MR) is 77.5 cm³/mol. The summed E-state index contributed by atoms with van der Waals surface area (Å²) in [5.74, 6) is 0. The molecule has 1 atom stereocenters. The van der Waals surface area contributed by atoms with E-state index in [4.69, 9.17) is 11.6 Å². The number of benzene rings is 1. The Morgan fingerprint density at radius 1 is 1.44 bits per heavy atom. The molecule has 0 amide bonds. The molecule has 0 saturated carbocycles. The molecule has 102 valence electrons. The van der Waals surface area contributed by atoms with E-state index < -0.39 is 10.0 Å². The highest BCUT2D eigenvalue weighted by Gasteiger charge is 2.19. The summed E-state index contributed by atoms with van der Waals surface area (Å²) in [5.41, 5.74) is 0. The number of hydrogen-bond acceptors (Lipinski definition) is 3. The molecule has 0 aliphatic rings. The minimum atomic E-state index is -3.58. The molecular formula is C11H16BrClN2O2S. The zero-order chi connectivity index (χ0) is 13.8. The van der Waals surface area contributed by atoms with Crippen LogP contribution in [-0.4, -0.2) is 27.5 Å². The van der Waals surface area contributed by atoms with E-state index in [0.717, 1.165) is 6.54 Å². The first-order chi connectivity index (χ1) is 8.38. The smallest absolute Gasteiger partial charge is 0.242 e. The Bertz CT molecular complexity index is 508. The molecule has 1 aromatic rings. The van der Waals surface area contributed by atoms with Crippen LogP contribution in [0.5, 0.6) is 0 Å². The van der Waals surface area contributed by atoms with Gasteiger partial charge in [0, 0.05) is 17.1 Å². The maximum absolute atomic E-state index is 12.1. The molecular weight excluding hydrogens is 340 g/mol. The van der Waals surface area contributed by atoms with Crippen LogP contribution < -0.4 is 10.0 Å². The van der Waals surface area contributed by atoms with Gasteiger partial charge in [0.2, 0.25) is 10.0 Å². The highest BCUT2D eigenvalue weighted by atomic mass is 79.9. The Kier molecular flexibility index (Phi) is 6.07. The molecule has 0 radical (unpaired) electrons. The number of sulfonamides is 1. The molecule has 0 saturated heterocycles. The van der Waals surface area contributed by atoms with Crippen molar-refractivity contribution in [3.63, 3.8) is 0 Å². The molecule has 0 spiro atoms. The summed E-state index contributed by atoms with van der Waals surface area (Å²) in [6, 6.07) is 4.88. The summed E-state index contributed by atoms with van der Waals surface area (Å²) in [6.07, 6.45) is 0. The summed E-state index contributed by atoms with van der Waals surface area (Å²) in [4.78, 5) is 0.0854. The molecule has 2 N–H and O–H groups in total. The highest BCUT2D eigenvalue weighted by molar-refractivity contribution is 9.10. The van der Waals surface area contributed by atoms with Crippen LogP contribution in [0.2, 0.25) is 5.02 Å². The minimum absolute atomic E-state index is 0.0655. The van der Waals surface area contributed by atoms with Gasteiger partial charge in [0.05, 0.1) is 5.02 Å². The van der Waals surface area contributed by atoms with Crippen LogP contribution in [0.25, 0.3) is 0 Å². The first kappa shape index (κ1) is 15.9. The third-order valence-electron chi connectivity index (χ3n) is 2.34. The van der Waals surface area contributed by atoms with Crippen molar-refractivity contribution in [3.8, 4) is 0 Å². The van der Waals surface area contributed by atoms with Gasteiger partial charge >= 0.3 is 0 Å². The maximum Gasteiger partial charge on any atom is 0.242 e. The van der Waals surface area contributed by atoms with Crippen LogP contribution in [0.1, 0.15) is 13.8 Å². The van der Waals surface area contributed by atoms with Gasteiger partial charge in [-0.1, -0.05) is 24.6 Å². The lowest BCUT2D eigenvalue weighted by molar-refractivity contribution is 0.536. The van der Waals surface area contributed by atoms with Crippen LogP contribution in [0.3, 0.4) is 0 Å². The van der Waals surface area contributed by atoms with E-state index in [0.29, 0.717) is 11.0 Å². The van der Waals surface area contributed by atoms with Gasteiger partial charge in [-0.2, -0.15) is 0 Å². The third kappa shape index (κ3) is 4.20. The van der Waals surface area contributed by atoms with Crippen LogP contribution in [-0.2, 0) is 10.0 Å². The van der Waals surface area contributed by atoms with Crippen LogP contribution in [0.4, 0.5) is 0 Å². The lowest BCUT2D eigenvalue weighted by Gasteiger charge is -2.14. The van der Waals surface area contributed by atoms with Gasteiger partial charge in [0.25, 0.3) is 0 Å². The summed E-state index contributed by atoms with van der Waals surface area (Å²) in [6.45, 7) is 4.99. The largest absolute Gasteiger partial charge is 0.313 e. The number of likely N-dealkylation sites (N-methyl/N-ethyl adjacent to an activating group) is 1. The van der Waals surface area contributed by atoms with Crippen molar-refractivity contribution in [2.45, 2.75) is 24.8 Å². The second-order valence-electron chi connectivity index (χ2n) is 3.86. The fourth-order valence-electron chi connectivity index (χ4n) is 1.42. The molecule has 1 rings (SSSR count). The number of nitrogens with one attached hydrogen (secondary N) is 2. The molecule has 0 aliphatic carbocycles. The van der Waals surface area contributed by atoms with Crippen LogP contribution in [0, 0.1) is 0 Å². The van der Waals surface area contributed by atoms with E-state index >= 15 is 0 Å². The zero-order valence-electron chi connectivity index (χ0n) is 10.2. The molecule has 18 heavy (non-hydrogen) atoms. The summed E-state index contributed by atoms with van der Waals surface area (Å²) < 4.78 is 27.2. The molecule has 1 aromatic carbocycles. The lowest BCUT2D eigenvalue weighted by Crippen LogP contribution is -2.38. The van der Waals surface area contributed by atoms with E-state index in [9.17, 15) is 8.42 Å². The highest BCUT2D eigenvalue weighted by Crippen LogP contribution is 2.28. The normalized spacial score (nSPS) is 13.6. The van der Waals surface area contributed by atoms with Gasteiger partial charge in [-0.3, -0.25) is 0 Å². The standard InChI is InChI=1S/C11H16BrClN2O2S/c1-3-14-8(2)7-15-18(16,17)10-6-4-5-9(12)11(10)13/h4-6,8,14-15H,3,7H2,1-2H3/t8-/m1/s1. The second-order valence-corrected chi connectivity index (χ2v) is 6.83. The lowest BCUT2D eigenvalue weighted by atomic mass is 10.3. The van der Waals surface area contributed by atoms with E-state index in [1.165, 1.54) is 6.07 Å². The fourth-order valence-corrected chi connectivity index (χ4v) is 3.58. The Balaban J connectivity index is 2.84. The SMILES string of the molecule is CCN[C@H](C)CNS(=O)(=O)c1cccc(Br)c1Cl. The summed E-state index contributed by atoms with van der Waals surface area (Å²) in [7, 11) is -3.58. The van der Waals surface area contributed by atoms with Gasteiger partial charge in [0.15, 0.2) is 0 Å². The van der Waals surface area contributed by atoms with Crippen LogP contribution in [0.15, 0.2) is 27.6 Å². The average Bonchev–Trinajstić information content (AvgIpc) is 2.30. The van der Waals surface area contributed by atoms with E-state index in [1.54, 1.807) is 12.1 Å². The molecule has 0 unspecified atom stereocenters. The third-order valence-corrected chi connectivity index (χ3v) is 5.21. The minimum Gasteiger partial charge on any atom is -0.313 e. The molecule has 7 heteroatoms. The van der Waals surface area contributed by atoms with Crippen molar-refractivity contribution in [2.75, 3.05) is 13.1 Å². The van der Waals surface area contributed by atoms with Crippen molar-refractivity contribution >= 4 is 37.6 Å². The maximum atomic E-state index is 12.1. The van der Waals surface area contributed by atoms with Gasteiger partial charge in [-0.05, 0) is 41.5 Å². The van der Waals surface area contributed by atoms with Crippen LogP contribution >= 0.6 is 27.5 Å². The summed E-state index contributed by atoms with van der Waals surface area (Å²) in [5, 5.41) is 3.32. The van der Waals surface area contributed by atoms with Crippen molar-refractivity contribution < 1.29 is 8.42 Å². The average molecular weight is 356 g/mol. The first-order valence-corrected chi connectivity index (χ1v) is 8.21. The number of hydrogen-bond donors (Lipinski definition) is 2. The number of halogens is 2. The van der Waals surface area contributed by atoms with E-state index in [1.807, 2.05) is 13.8 Å². The molecule has 0 aliphatic heterocycles.